The highest BCUT2D eigenvalue weighted by Crippen LogP contribution is 2.18. The van der Waals surface area contributed by atoms with Crippen LogP contribution in [0.4, 0.5) is 0 Å². The maximum absolute atomic E-state index is 11.9. The minimum absolute atomic E-state index is 0.274. The summed E-state index contributed by atoms with van der Waals surface area (Å²) in [6.07, 6.45) is 6.95. The van der Waals surface area contributed by atoms with Crippen molar-refractivity contribution < 1.29 is 4.79 Å². The largest absolute Gasteiger partial charge is 0.357 e. The maximum atomic E-state index is 11.9. The van der Waals surface area contributed by atoms with Crippen molar-refractivity contribution in [2.75, 3.05) is 32.7 Å². The molecule has 0 radical (unpaired) electrons. The molecule has 30 heavy (non-hydrogen) atoms. The van der Waals surface area contributed by atoms with Crippen molar-refractivity contribution in [3.8, 4) is 0 Å². The van der Waals surface area contributed by atoms with Crippen LogP contribution in [0.2, 0.25) is 0 Å². The number of hydrogen-bond acceptors (Lipinski definition) is 3. The molecule has 1 atom stereocenters. The highest BCUT2D eigenvalue weighted by molar-refractivity contribution is 5.79. The predicted octanol–water partition coefficient (Wildman–Crippen LogP) is 3.13. The second kappa shape index (κ2) is 11.9. The summed E-state index contributed by atoms with van der Waals surface area (Å²) < 4.78 is 0. The third-order valence-electron chi connectivity index (χ3n) is 6.21. The van der Waals surface area contributed by atoms with Crippen LogP contribution in [0.15, 0.2) is 29.3 Å². The average molecular weight is 414 g/mol. The molecule has 2 saturated heterocycles. The number of benzene rings is 1. The molecule has 6 nitrogen and oxygen atoms in total. The molecule has 2 N–H and O–H groups in total. The fourth-order valence-electron chi connectivity index (χ4n) is 4.56. The lowest BCUT2D eigenvalue weighted by atomic mass is 10.0. The van der Waals surface area contributed by atoms with E-state index in [0.29, 0.717) is 19.5 Å². The van der Waals surface area contributed by atoms with Crippen LogP contribution >= 0.6 is 0 Å². The normalized spacial score (nSPS) is 20.6. The molecule has 3 rings (SSSR count). The zero-order chi connectivity index (χ0) is 21.2. The fourth-order valence-corrected chi connectivity index (χ4v) is 4.56. The summed E-state index contributed by atoms with van der Waals surface area (Å²) in [5, 5.41) is 6.87. The number of carbonyl (C=O) groups excluding carboxylic acids is 1. The van der Waals surface area contributed by atoms with Crippen LogP contribution < -0.4 is 10.6 Å². The average Bonchev–Trinajstić information content (AvgIpc) is 3.17. The number of guanidine groups is 1. The molecule has 1 unspecified atom stereocenters. The summed E-state index contributed by atoms with van der Waals surface area (Å²) in [6.45, 7) is 10.7. The molecule has 1 amide bonds. The molecule has 0 aliphatic carbocycles. The van der Waals surface area contributed by atoms with Crippen LogP contribution in [0.25, 0.3) is 0 Å². The molecule has 166 valence electrons. The predicted molar refractivity (Wildman–Crippen MR) is 123 cm³/mol. The molecule has 6 heteroatoms. The molecule has 1 aromatic rings. The summed E-state index contributed by atoms with van der Waals surface area (Å²) in [6, 6.07) is 9.21. The van der Waals surface area contributed by atoms with Gasteiger partial charge in [0.1, 0.15) is 0 Å². The zero-order valence-corrected chi connectivity index (χ0v) is 18.8. The van der Waals surface area contributed by atoms with Gasteiger partial charge in [0.25, 0.3) is 0 Å². The first kappa shape index (κ1) is 22.6. The van der Waals surface area contributed by atoms with Crippen molar-refractivity contribution in [2.45, 2.75) is 71.5 Å². The summed E-state index contributed by atoms with van der Waals surface area (Å²) in [4.78, 5) is 21.3. The van der Waals surface area contributed by atoms with E-state index >= 15 is 0 Å². The Labute approximate surface area is 182 Å². The van der Waals surface area contributed by atoms with Gasteiger partial charge in [-0.15, -0.1) is 0 Å². The number of rotatable bonds is 9. The Morgan fingerprint density at radius 2 is 2.00 bits per heavy atom. The number of piperidine rings is 1. The number of carbonyl (C=O) groups is 1. The molecule has 2 fully saturated rings. The van der Waals surface area contributed by atoms with Gasteiger partial charge >= 0.3 is 0 Å². The molecule has 1 aromatic carbocycles. The lowest BCUT2D eigenvalue weighted by Gasteiger charge is -2.35. The van der Waals surface area contributed by atoms with Crippen LogP contribution in [-0.4, -0.2) is 60.4 Å². The first-order chi connectivity index (χ1) is 14.7. The van der Waals surface area contributed by atoms with Crippen LogP contribution in [0.5, 0.6) is 0 Å². The van der Waals surface area contributed by atoms with E-state index < -0.39 is 0 Å². The number of amides is 1. The van der Waals surface area contributed by atoms with Gasteiger partial charge in [0.05, 0.1) is 6.54 Å². The maximum Gasteiger partial charge on any atom is 0.222 e. The molecule has 2 aliphatic heterocycles. The van der Waals surface area contributed by atoms with Crippen molar-refractivity contribution >= 4 is 11.9 Å². The van der Waals surface area contributed by atoms with E-state index in [4.69, 9.17) is 4.99 Å². The third-order valence-corrected chi connectivity index (χ3v) is 6.21. The van der Waals surface area contributed by atoms with Gasteiger partial charge < -0.3 is 15.5 Å². The molecular weight excluding hydrogens is 374 g/mol. The Morgan fingerprint density at radius 1 is 1.13 bits per heavy atom. The number of nitrogens with one attached hydrogen (secondary N) is 2. The van der Waals surface area contributed by atoms with E-state index in [0.717, 1.165) is 44.6 Å². The van der Waals surface area contributed by atoms with E-state index in [-0.39, 0.29) is 5.91 Å². The first-order valence-electron chi connectivity index (χ1n) is 11.8. The molecule has 0 saturated carbocycles. The monoisotopic (exact) mass is 413 g/mol. The molecule has 2 aliphatic rings. The summed E-state index contributed by atoms with van der Waals surface area (Å²) in [5.74, 6) is 1.15. The topological polar surface area (TPSA) is 60.0 Å². The highest BCUT2D eigenvalue weighted by atomic mass is 16.2. The second-order valence-electron chi connectivity index (χ2n) is 8.45. The number of aliphatic imine (C=N–C) groups is 1. The summed E-state index contributed by atoms with van der Waals surface area (Å²) in [5.41, 5.74) is 2.37. The van der Waals surface area contributed by atoms with Crippen molar-refractivity contribution in [1.82, 2.24) is 20.4 Å². The molecule has 0 bridgehead atoms. The standard InChI is InChI=1S/C24H39N5O/c1-3-22-11-5-6-14-28(22)16-13-26-24(25-4-2)27-18-20-9-7-10-21(17-20)19-29-15-8-12-23(29)30/h7,9-10,17,22H,3-6,8,11-16,18-19H2,1-2H3,(H2,25,26,27). The molecule has 0 spiro atoms. The second-order valence-corrected chi connectivity index (χ2v) is 8.45. The van der Waals surface area contributed by atoms with Gasteiger partial charge in [-0.2, -0.15) is 0 Å². The Kier molecular flexibility index (Phi) is 9.00. The van der Waals surface area contributed by atoms with Gasteiger partial charge in [0.15, 0.2) is 5.96 Å². The van der Waals surface area contributed by atoms with Crippen LogP contribution in [0.1, 0.15) is 63.5 Å². The van der Waals surface area contributed by atoms with Crippen LogP contribution in [0, 0.1) is 0 Å². The SMILES string of the molecule is CCNC(=NCc1cccc(CN2CCCC2=O)c1)NCCN1CCCCC1CC. The third kappa shape index (κ3) is 6.73. The van der Waals surface area contributed by atoms with E-state index in [1.165, 1.54) is 43.4 Å². The lowest BCUT2D eigenvalue weighted by Crippen LogP contribution is -2.45. The van der Waals surface area contributed by atoms with Gasteiger partial charge in [-0.25, -0.2) is 4.99 Å². The van der Waals surface area contributed by atoms with Crippen molar-refractivity contribution in [2.24, 2.45) is 4.99 Å². The van der Waals surface area contributed by atoms with Gasteiger partial charge in [0, 0.05) is 45.2 Å². The minimum atomic E-state index is 0.274. The lowest BCUT2D eigenvalue weighted by molar-refractivity contribution is -0.128. The highest BCUT2D eigenvalue weighted by Gasteiger charge is 2.21. The van der Waals surface area contributed by atoms with E-state index in [9.17, 15) is 4.79 Å². The minimum Gasteiger partial charge on any atom is -0.357 e. The number of likely N-dealkylation sites (tertiary alicyclic amines) is 2. The van der Waals surface area contributed by atoms with Gasteiger partial charge in [-0.05, 0) is 50.3 Å². The van der Waals surface area contributed by atoms with E-state index in [1.807, 2.05) is 4.90 Å². The number of hydrogen-bond donors (Lipinski definition) is 2. The molecule has 2 heterocycles. The van der Waals surface area contributed by atoms with Gasteiger partial charge in [-0.1, -0.05) is 37.6 Å². The van der Waals surface area contributed by atoms with Crippen molar-refractivity contribution in [3.05, 3.63) is 35.4 Å². The molecular formula is C24H39N5O. The van der Waals surface area contributed by atoms with Crippen LogP contribution in [0.3, 0.4) is 0 Å². The number of nitrogens with zero attached hydrogens (tertiary/aromatic N) is 3. The Hall–Kier alpha value is -2.08. The van der Waals surface area contributed by atoms with Crippen LogP contribution in [-0.2, 0) is 17.9 Å². The smallest absolute Gasteiger partial charge is 0.222 e. The first-order valence-corrected chi connectivity index (χ1v) is 11.8. The Bertz CT molecular complexity index is 705. The summed E-state index contributed by atoms with van der Waals surface area (Å²) in [7, 11) is 0. The van der Waals surface area contributed by atoms with Crippen molar-refractivity contribution in [1.29, 1.82) is 0 Å². The molecule has 0 aromatic heterocycles. The van der Waals surface area contributed by atoms with Gasteiger partial charge in [0.2, 0.25) is 5.91 Å². The zero-order valence-electron chi connectivity index (χ0n) is 18.8. The summed E-state index contributed by atoms with van der Waals surface area (Å²) >= 11 is 0. The van der Waals surface area contributed by atoms with E-state index in [2.05, 4.69) is 53.6 Å². The quantitative estimate of drug-likeness (QED) is 0.482. The van der Waals surface area contributed by atoms with Gasteiger partial charge in [-0.3, -0.25) is 9.69 Å². The Morgan fingerprint density at radius 3 is 2.77 bits per heavy atom. The van der Waals surface area contributed by atoms with Crippen molar-refractivity contribution in [3.63, 3.8) is 0 Å². The fraction of sp³-hybridized carbons (Fsp3) is 0.667. The Balaban J connectivity index is 1.51. The van der Waals surface area contributed by atoms with E-state index in [1.54, 1.807) is 0 Å².